The van der Waals surface area contributed by atoms with Gasteiger partial charge in [0.25, 0.3) is 0 Å². The summed E-state index contributed by atoms with van der Waals surface area (Å²) in [6.07, 6.45) is 0. The van der Waals surface area contributed by atoms with E-state index in [-0.39, 0.29) is 3.92 Å². The van der Waals surface area contributed by atoms with Crippen LogP contribution >= 0.6 is 22.6 Å². The van der Waals surface area contributed by atoms with Gasteiger partial charge in [-0.3, -0.25) is 0 Å². The van der Waals surface area contributed by atoms with Crippen LogP contribution in [0.3, 0.4) is 0 Å². The second kappa shape index (κ2) is 3.47. The molecule has 1 atom stereocenters. The molecule has 0 unspecified atom stereocenters. The molecule has 0 aliphatic heterocycles. The van der Waals surface area contributed by atoms with Crippen molar-refractivity contribution in [1.29, 1.82) is 0 Å². The predicted octanol–water partition coefficient (Wildman–Crippen LogP) is 3.46. The molecule has 0 heterocycles. The van der Waals surface area contributed by atoms with E-state index in [4.69, 9.17) is 0 Å². The third-order valence-electron chi connectivity index (χ3n) is 1.39. The highest BCUT2D eigenvalue weighted by atomic mass is 127. The Morgan fingerprint density at radius 1 is 1.36 bits per heavy atom. The lowest BCUT2D eigenvalue weighted by Crippen LogP contribution is -1.90. The molecule has 11 heavy (non-hydrogen) atoms. The van der Waals surface area contributed by atoms with Gasteiger partial charge in [0.2, 0.25) is 0 Å². The summed E-state index contributed by atoms with van der Waals surface area (Å²) in [4.78, 5) is 0. The second-order valence-electron chi connectivity index (χ2n) is 2.28. The van der Waals surface area contributed by atoms with Gasteiger partial charge < -0.3 is 0 Å². The highest BCUT2D eigenvalue weighted by molar-refractivity contribution is 14.1. The first-order valence-corrected chi connectivity index (χ1v) is 4.45. The summed E-state index contributed by atoms with van der Waals surface area (Å²) in [7, 11) is 0. The van der Waals surface area contributed by atoms with E-state index in [1.165, 1.54) is 12.1 Å². The topological polar surface area (TPSA) is 0 Å². The third-order valence-corrected chi connectivity index (χ3v) is 2.06. The molecule has 0 amide bonds. The van der Waals surface area contributed by atoms with E-state index in [0.717, 1.165) is 6.07 Å². The highest BCUT2D eigenvalue weighted by Crippen LogP contribution is 2.24. The van der Waals surface area contributed by atoms with Crippen molar-refractivity contribution in [3.05, 3.63) is 35.4 Å². The average molecular weight is 268 g/mol. The van der Waals surface area contributed by atoms with Crippen molar-refractivity contribution in [2.24, 2.45) is 0 Å². The van der Waals surface area contributed by atoms with Crippen molar-refractivity contribution < 1.29 is 8.78 Å². The highest BCUT2D eigenvalue weighted by Gasteiger charge is 2.07. The Hall–Kier alpha value is -0.190. The number of benzene rings is 1. The monoisotopic (exact) mass is 268 g/mol. The Kier molecular flexibility index (Phi) is 2.81. The van der Waals surface area contributed by atoms with Crippen molar-refractivity contribution in [3.63, 3.8) is 0 Å². The lowest BCUT2D eigenvalue weighted by atomic mass is 10.1. The molecule has 0 radical (unpaired) electrons. The lowest BCUT2D eigenvalue weighted by molar-refractivity contribution is 0.574. The van der Waals surface area contributed by atoms with E-state index in [2.05, 4.69) is 22.6 Å². The molecule has 1 aromatic carbocycles. The van der Waals surface area contributed by atoms with Gasteiger partial charge in [0.1, 0.15) is 11.6 Å². The SMILES string of the molecule is C[C@@H](I)c1ccc(F)cc1F. The summed E-state index contributed by atoms with van der Waals surface area (Å²) in [5, 5.41) is 0. The van der Waals surface area contributed by atoms with Crippen LogP contribution < -0.4 is 0 Å². The largest absolute Gasteiger partial charge is 0.207 e. The zero-order chi connectivity index (χ0) is 8.43. The van der Waals surface area contributed by atoms with E-state index in [0.29, 0.717) is 5.56 Å². The summed E-state index contributed by atoms with van der Waals surface area (Å²) < 4.78 is 25.3. The van der Waals surface area contributed by atoms with Crippen molar-refractivity contribution in [2.75, 3.05) is 0 Å². The smallest absolute Gasteiger partial charge is 0.130 e. The summed E-state index contributed by atoms with van der Waals surface area (Å²) >= 11 is 2.08. The maximum Gasteiger partial charge on any atom is 0.130 e. The molecule has 0 N–H and O–H groups in total. The predicted molar refractivity (Wildman–Crippen MR) is 48.8 cm³/mol. The molecular weight excluding hydrogens is 261 g/mol. The van der Waals surface area contributed by atoms with Gasteiger partial charge in [0.05, 0.1) is 0 Å². The first-order valence-electron chi connectivity index (χ1n) is 3.20. The van der Waals surface area contributed by atoms with Gasteiger partial charge in [-0.2, -0.15) is 0 Å². The van der Waals surface area contributed by atoms with Crippen LogP contribution in [0.15, 0.2) is 18.2 Å². The number of hydrogen-bond acceptors (Lipinski definition) is 0. The van der Waals surface area contributed by atoms with Crippen LogP contribution in [0.25, 0.3) is 0 Å². The summed E-state index contributed by atoms with van der Waals surface area (Å²) in [6, 6.07) is 3.65. The van der Waals surface area contributed by atoms with Crippen LogP contribution in [0.4, 0.5) is 8.78 Å². The van der Waals surface area contributed by atoms with Gasteiger partial charge in [-0.1, -0.05) is 28.7 Å². The molecule has 0 spiro atoms. The van der Waals surface area contributed by atoms with E-state index in [1.807, 2.05) is 6.92 Å². The van der Waals surface area contributed by atoms with Crippen molar-refractivity contribution in [1.82, 2.24) is 0 Å². The van der Waals surface area contributed by atoms with E-state index in [9.17, 15) is 8.78 Å². The van der Waals surface area contributed by atoms with E-state index >= 15 is 0 Å². The minimum Gasteiger partial charge on any atom is -0.207 e. The first kappa shape index (κ1) is 8.90. The molecule has 0 aliphatic rings. The van der Waals surface area contributed by atoms with Crippen molar-refractivity contribution >= 4 is 22.6 Å². The molecular formula is C8H7F2I. The van der Waals surface area contributed by atoms with Crippen LogP contribution in [0.2, 0.25) is 0 Å². The number of hydrogen-bond donors (Lipinski definition) is 0. The fraction of sp³-hybridized carbons (Fsp3) is 0.250. The van der Waals surface area contributed by atoms with Gasteiger partial charge in [0, 0.05) is 15.6 Å². The zero-order valence-corrected chi connectivity index (χ0v) is 8.10. The summed E-state index contributed by atoms with van der Waals surface area (Å²) in [5.41, 5.74) is 0.548. The molecule has 0 saturated carbocycles. The molecule has 1 aromatic rings. The second-order valence-corrected chi connectivity index (χ2v) is 4.15. The lowest BCUT2D eigenvalue weighted by Gasteiger charge is -2.03. The zero-order valence-electron chi connectivity index (χ0n) is 5.94. The molecule has 0 saturated heterocycles. The van der Waals surface area contributed by atoms with Gasteiger partial charge in [0.15, 0.2) is 0 Å². The Bertz CT molecular complexity index is 258. The maximum absolute atomic E-state index is 12.9. The molecule has 3 heteroatoms. The third kappa shape index (κ3) is 2.12. The molecule has 60 valence electrons. The Morgan fingerprint density at radius 3 is 2.45 bits per heavy atom. The number of halogens is 3. The standard InChI is InChI=1S/C8H7F2I/c1-5(11)7-3-2-6(9)4-8(7)10/h2-5H,1H3/t5-/m1/s1. The van der Waals surface area contributed by atoms with Crippen LogP contribution in [0, 0.1) is 11.6 Å². The fourth-order valence-corrected chi connectivity index (χ4v) is 1.33. The number of rotatable bonds is 1. The van der Waals surface area contributed by atoms with E-state index < -0.39 is 11.6 Å². The van der Waals surface area contributed by atoms with Crippen LogP contribution in [-0.4, -0.2) is 0 Å². The van der Waals surface area contributed by atoms with Crippen LogP contribution in [0.5, 0.6) is 0 Å². The minimum absolute atomic E-state index is 0.0770. The molecule has 0 fully saturated rings. The van der Waals surface area contributed by atoms with Gasteiger partial charge in [-0.15, -0.1) is 0 Å². The van der Waals surface area contributed by atoms with E-state index in [1.54, 1.807) is 0 Å². The summed E-state index contributed by atoms with van der Waals surface area (Å²) in [5.74, 6) is -0.991. The Balaban J connectivity index is 3.09. The molecule has 0 aliphatic carbocycles. The van der Waals surface area contributed by atoms with Crippen LogP contribution in [0.1, 0.15) is 16.4 Å². The number of alkyl halides is 1. The molecule has 0 nitrogen and oxygen atoms in total. The molecule has 0 aromatic heterocycles. The molecule has 1 rings (SSSR count). The quantitative estimate of drug-likeness (QED) is 0.540. The van der Waals surface area contributed by atoms with Gasteiger partial charge in [-0.05, 0) is 13.0 Å². The van der Waals surface area contributed by atoms with Gasteiger partial charge in [-0.25, -0.2) is 8.78 Å². The van der Waals surface area contributed by atoms with Crippen molar-refractivity contribution in [3.8, 4) is 0 Å². The summed E-state index contributed by atoms with van der Waals surface area (Å²) in [6.45, 7) is 1.86. The first-order chi connectivity index (χ1) is 5.11. The van der Waals surface area contributed by atoms with Crippen LogP contribution in [-0.2, 0) is 0 Å². The Morgan fingerprint density at radius 2 is 2.00 bits per heavy atom. The average Bonchev–Trinajstić information content (AvgIpc) is 1.85. The fourth-order valence-electron chi connectivity index (χ4n) is 0.824. The Labute approximate surface area is 77.8 Å². The maximum atomic E-state index is 12.9. The van der Waals surface area contributed by atoms with Crippen molar-refractivity contribution in [2.45, 2.75) is 10.8 Å². The van der Waals surface area contributed by atoms with Gasteiger partial charge >= 0.3 is 0 Å². The minimum atomic E-state index is -0.525. The normalized spacial score (nSPS) is 13.1. The molecule has 0 bridgehead atoms.